The number of hydrogen-bond donors (Lipinski definition) is 5. The Balaban J connectivity index is 2.16. The van der Waals surface area contributed by atoms with Crippen molar-refractivity contribution in [2.75, 3.05) is 12.3 Å². The highest BCUT2D eigenvalue weighted by atomic mass is 31.2. The van der Waals surface area contributed by atoms with Gasteiger partial charge in [-0.3, -0.25) is 9.09 Å². The van der Waals surface area contributed by atoms with Crippen LogP contribution in [0.5, 0.6) is 0 Å². The predicted molar refractivity (Wildman–Crippen MR) is 66.8 cm³/mol. The lowest BCUT2D eigenvalue weighted by Gasteiger charge is -2.16. The standard InChI is InChI=1S/C9H14N3O8P/c10-5-1-2-12(9(15)11-5)8-7(14)6(13)4(20-8)3-19-21(16,17)18/h1-2,4,6-8,13-14H,3H2,(H2,10,11,15)(H2,16,17,18)/t4-,6+,7+,8+/m0/s1/i9+1,11+1,12+1. The normalized spacial score (nSPS) is 29.7. The molecule has 0 amide bonds. The molecule has 6 N–H and O–H groups in total. The third-order valence-corrected chi connectivity index (χ3v) is 3.36. The van der Waals surface area contributed by atoms with Gasteiger partial charge in [-0.15, -0.1) is 0 Å². The summed E-state index contributed by atoms with van der Waals surface area (Å²) in [4.78, 5) is 32.3. The van der Waals surface area contributed by atoms with E-state index in [1.807, 2.05) is 0 Å². The first kappa shape index (κ1) is 16.0. The molecule has 11 nitrogen and oxygen atoms in total. The van der Waals surface area contributed by atoms with Crippen LogP contribution >= 0.6 is 7.82 Å². The number of aromatic nitrogens is 2. The van der Waals surface area contributed by atoms with Crippen molar-refractivity contribution in [2.45, 2.75) is 24.5 Å². The maximum atomic E-state index is 11.6. The van der Waals surface area contributed by atoms with Gasteiger partial charge in [0.1, 0.15) is 24.1 Å². The fourth-order valence-electron chi connectivity index (χ4n) is 1.89. The fraction of sp³-hybridized carbons (Fsp3) is 0.556. The smallest absolute Gasteiger partial charge is 0.387 e. The summed E-state index contributed by atoms with van der Waals surface area (Å²) in [6.45, 7) is -0.657. The zero-order valence-corrected chi connectivity index (χ0v) is 11.4. The minimum atomic E-state index is -4.74. The van der Waals surface area contributed by atoms with E-state index in [1.165, 1.54) is 12.3 Å². The number of aliphatic hydroxyl groups excluding tert-OH is 2. The molecule has 0 bridgehead atoms. The van der Waals surface area contributed by atoms with Crippen LogP contribution in [0.25, 0.3) is 0 Å². The molecule has 4 atom stereocenters. The second-order valence-corrected chi connectivity index (χ2v) is 5.61. The molecule has 0 aliphatic carbocycles. The number of rotatable bonds is 4. The Morgan fingerprint density at radius 2 is 2.10 bits per heavy atom. The van der Waals surface area contributed by atoms with E-state index in [1.54, 1.807) is 0 Å². The van der Waals surface area contributed by atoms with Gasteiger partial charge < -0.3 is 30.5 Å². The first-order valence-corrected chi connectivity index (χ1v) is 7.28. The number of nitrogens with zero attached hydrogens (tertiary/aromatic N) is 2. The summed E-state index contributed by atoms with van der Waals surface area (Å²) in [5, 5.41) is 19.6. The highest BCUT2D eigenvalue weighted by Gasteiger charge is 2.44. The second-order valence-electron chi connectivity index (χ2n) is 4.37. The predicted octanol–water partition coefficient (Wildman–Crippen LogP) is -2.45. The van der Waals surface area contributed by atoms with Gasteiger partial charge in [0.15, 0.2) is 6.23 Å². The number of phosphoric acid groups is 1. The number of anilines is 1. The van der Waals surface area contributed by atoms with E-state index in [-0.39, 0.29) is 5.82 Å². The lowest BCUT2D eigenvalue weighted by atomic mass is 10.1. The summed E-state index contributed by atoms with van der Waals surface area (Å²) in [6.07, 6.45) is -4.27. The molecule has 1 aliphatic rings. The van der Waals surface area contributed by atoms with Gasteiger partial charge in [-0.25, -0.2) is 9.36 Å². The highest BCUT2D eigenvalue weighted by Crippen LogP contribution is 2.38. The van der Waals surface area contributed by atoms with Crippen LogP contribution in [0.15, 0.2) is 17.1 Å². The molecule has 0 spiro atoms. The Morgan fingerprint density at radius 3 is 2.67 bits per heavy atom. The third-order valence-electron chi connectivity index (χ3n) is 2.87. The van der Waals surface area contributed by atoms with Crippen LogP contribution in [0, 0.1) is 0 Å². The van der Waals surface area contributed by atoms with Crippen molar-refractivity contribution in [3.63, 3.8) is 0 Å². The van der Waals surface area contributed by atoms with Crippen molar-refractivity contribution in [1.29, 1.82) is 0 Å². The van der Waals surface area contributed by atoms with E-state index >= 15 is 0 Å². The lowest BCUT2D eigenvalue weighted by molar-refractivity contribution is -0.0542. The number of phosphoric ester groups is 1. The molecule has 1 aliphatic heterocycles. The van der Waals surface area contributed by atoms with Crippen LogP contribution in [0.3, 0.4) is 0 Å². The molecule has 1 saturated heterocycles. The SMILES string of the molecule is Nc1cc[15n]([C@@H]2O[C@@H](COP(=O)(O)O)[C@@H](O)[C@H]2O)[13c](=O)[15n]1. The summed E-state index contributed by atoms with van der Waals surface area (Å²) >= 11 is 0. The van der Waals surface area contributed by atoms with E-state index < -0.39 is 44.7 Å². The zero-order valence-electron chi connectivity index (χ0n) is 10.5. The number of aliphatic hydroxyl groups is 2. The summed E-state index contributed by atoms with van der Waals surface area (Å²) in [5.41, 5.74) is 4.52. The topological polar surface area (TPSA) is 177 Å². The fourth-order valence-corrected chi connectivity index (χ4v) is 2.23. The third kappa shape index (κ3) is 3.66. The summed E-state index contributed by atoms with van der Waals surface area (Å²) in [5.74, 6) is -0.0225. The maximum absolute atomic E-state index is 11.6. The molecule has 0 saturated carbocycles. The first-order chi connectivity index (χ1) is 9.69. The minimum absolute atomic E-state index is 0.0225. The molecular weight excluding hydrogens is 312 g/mol. The van der Waals surface area contributed by atoms with Crippen molar-refractivity contribution in [3.8, 4) is 0 Å². The zero-order chi connectivity index (χ0) is 15.8. The van der Waals surface area contributed by atoms with Gasteiger partial charge in [-0.05, 0) is 6.07 Å². The van der Waals surface area contributed by atoms with E-state index in [4.69, 9.17) is 20.3 Å². The molecule has 118 valence electrons. The average Bonchev–Trinajstić information content (AvgIpc) is 2.64. The molecule has 2 rings (SSSR count). The molecule has 12 heteroatoms. The van der Waals surface area contributed by atoms with Gasteiger partial charge in [-0.2, -0.15) is 4.98 Å². The van der Waals surface area contributed by atoms with Gasteiger partial charge in [0.25, 0.3) is 0 Å². The molecular formula is C9H14N3O8P. The lowest BCUT2D eigenvalue weighted by Crippen LogP contribution is -2.36. The van der Waals surface area contributed by atoms with Crippen LogP contribution in [0.1, 0.15) is 6.23 Å². The van der Waals surface area contributed by atoms with Gasteiger partial charge in [-0.1, -0.05) is 0 Å². The average molecular weight is 326 g/mol. The second kappa shape index (κ2) is 5.81. The van der Waals surface area contributed by atoms with Crippen molar-refractivity contribution in [1.82, 2.24) is 9.55 Å². The van der Waals surface area contributed by atoms with Crippen molar-refractivity contribution >= 4 is 13.6 Å². The summed E-state index contributed by atoms with van der Waals surface area (Å²) in [7, 11) is -4.74. The molecule has 2 heterocycles. The summed E-state index contributed by atoms with van der Waals surface area (Å²) in [6, 6.07) is 1.29. The van der Waals surface area contributed by atoms with Crippen LogP contribution in [0.4, 0.5) is 5.82 Å². The number of nitrogens with two attached hydrogens (primary N) is 1. The first-order valence-electron chi connectivity index (χ1n) is 5.75. The molecule has 1 aromatic heterocycles. The van der Waals surface area contributed by atoms with E-state index in [9.17, 15) is 19.6 Å². The van der Waals surface area contributed by atoms with Crippen LogP contribution in [-0.4, -0.2) is 54.5 Å². The van der Waals surface area contributed by atoms with Crippen molar-refractivity contribution in [3.05, 3.63) is 22.7 Å². The Morgan fingerprint density at radius 1 is 1.43 bits per heavy atom. The molecule has 1 aromatic rings. The molecule has 0 aromatic carbocycles. The number of nitrogen functional groups attached to an aromatic ring is 1. The largest absolute Gasteiger partial charge is 0.469 e. The van der Waals surface area contributed by atoms with Gasteiger partial charge in [0.2, 0.25) is 0 Å². The highest BCUT2D eigenvalue weighted by molar-refractivity contribution is 7.46. The Labute approximate surface area is 117 Å². The van der Waals surface area contributed by atoms with Gasteiger partial charge >= 0.3 is 13.5 Å². The quantitative estimate of drug-likeness (QED) is 0.373. The number of ether oxygens (including phenoxy) is 1. The van der Waals surface area contributed by atoms with Gasteiger partial charge in [0, 0.05) is 6.20 Å². The molecule has 1 fully saturated rings. The van der Waals surface area contributed by atoms with Crippen molar-refractivity contribution < 1.29 is 33.8 Å². The minimum Gasteiger partial charge on any atom is -0.387 e. The molecule has 0 unspecified atom stereocenters. The monoisotopic (exact) mass is 326 g/mol. The van der Waals surface area contributed by atoms with Crippen LogP contribution in [0.2, 0.25) is 0 Å². The van der Waals surface area contributed by atoms with E-state index in [2.05, 4.69) is 9.51 Å². The Bertz CT molecular complexity index is 615. The van der Waals surface area contributed by atoms with Crippen molar-refractivity contribution in [2.24, 2.45) is 0 Å². The van der Waals surface area contributed by atoms with Crippen LogP contribution in [-0.2, 0) is 13.8 Å². The molecule has 0 radical (unpaired) electrons. The van der Waals surface area contributed by atoms with Gasteiger partial charge in [0.05, 0.1) is 6.61 Å². The Kier molecular flexibility index (Phi) is 4.44. The Hall–Kier alpha value is -1.33. The van der Waals surface area contributed by atoms with Crippen LogP contribution < -0.4 is 11.4 Å². The van der Waals surface area contributed by atoms with E-state index in [0.717, 1.165) is 4.57 Å². The molecule has 21 heavy (non-hydrogen) atoms. The van der Waals surface area contributed by atoms with E-state index in [0.29, 0.717) is 0 Å². The maximum Gasteiger partial charge on any atom is 0.469 e. The summed E-state index contributed by atoms with van der Waals surface area (Å²) < 4.78 is 20.9. The number of hydrogen-bond acceptors (Lipinski definition) is 8.